The first-order chi connectivity index (χ1) is 9.51. The number of carbonyl (C=O) groups excluding carboxylic acids is 2. The van der Waals surface area contributed by atoms with Crippen LogP contribution in [0.15, 0.2) is 18.2 Å². The van der Waals surface area contributed by atoms with Crippen LogP contribution < -0.4 is 0 Å². The number of carbonyl (C=O) groups is 3. The van der Waals surface area contributed by atoms with Crippen LogP contribution in [0.4, 0.5) is 0 Å². The number of hydrogen-bond donors (Lipinski definition) is 1. The highest BCUT2D eigenvalue weighted by Gasteiger charge is 2.39. The molecule has 0 saturated carbocycles. The molecule has 106 valence electrons. The fourth-order valence-electron chi connectivity index (χ4n) is 2.57. The van der Waals surface area contributed by atoms with Crippen molar-refractivity contribution in [2.45, 2.75) is 39.2 Å². The summed E-state index contributed by atoms with van der Waals surface area (Å²) in [5.41, 5.74) is 0.522. The highest BCUT2D eigenvalue weighted by molar-refractivity contribution is 6.22. The molecule has 1 aliphatic heterocycles. The van der Waals surface area contributed by atoms with Gasteiger partial charge in [-0.05, 0) is 31.0 Å². The first kappa shape index (κ1) is 14.2. The van der Waals surface area contributed by atoms with Gasteiger partial charge in [0.2, 0.25) is 0 Å². The summed E-state index contributed by atoms with van der Waals surface area (Å²) in [5.74, 6) is -1.80. The smallest absolute Gasteiger partial charge is 0.335 e. The Bertz CT molecular complexity index is 579. The molecule has 0 radical (unpaired) electrons. The monoisotopic (exact) mass is 275 g/mol. The molecule has 1 unspecified atom stereocenters. The molecule has 1 N–H and O–H groups in total. The van der Waals surface area contributed by atoms with Crippen molar-refractivity contribution in [3.8, 4) is 0 Å². The van der Waals surface area contributed by atoms with E-state index in [2.05, 4.69) is 0 Å². The second-order valence-electron chi connectivity index (χ2n) is 4.90. The maximum Gasteiger partial charge on any atom is 0.335 e. The van der Waals surface area contributed by atoms with E-state index in [-0.39, 0.29) is 29.0 Å². The first-order valence-electron chi connectivity index (χ1n) is 6.76. The molecule has 1 aromatic rings. The van der Waals surface area contributed by atoms with Gasteiger partial charge in [0.15, 0.2) is 0 Å². The number of nitrogens with zero attached hydrogens (tertiary/aromatic N) is 1. The maximum atomic E-state index is 12.4. The Kier molecular flexibility index (Phi) is 3.88. The van der Waals surface area contributed by atoms with E-state index in [1.165, 1.54) is 23.1 Å². The molecule has 1 atom stereocenters. The minimum atomic E-state index is -1.10. The quantitative estimate of drug-likeness (QED) is 0.838. The number of amides is 2. The van der Waals surface area contributed by atoms with Crippen molar-refractivity contribution in [3.63, 3.8) is 0 Å². The summed E-state index contributed by atoms with van der Waals surface area (Å²) in [6.45, 7) is 3.94. The predicted molar refractivity (Wildman–Crippen MR) is 72.9 cm³/mol. The Labute approximate surface area is 117 Å². The second kappa shape index (κ2) is 5.45. The summed E-state index contributed by atoms with van der Waals surface area (Å²) in [5, 5.41) is 8.96. The minimum absolute atomic E-state index is 0.0234. The normalized spacial score (nSPS) is 15.4. The van der Waals surface area contributed by atoms with E-state index >= 15 is 0 Å². The zero-order valence-electron chi connectivity index (χ0n) is 11.5. The summed E-state index contributed by atoms with van der Waals surface area (Å²) >= 11 is 0. The number of hydrogen-bond acceptors (Lipinski definition) is 3. The fourth-order valence-corrected chi connectivity index (χ4v) is 2.57. The highest BCUT2D eigenvalue weighted by atomic mass is 16.4. The Morgan fingerprint density at radius 2 is 1.85 bits per heavy atom. The molecule has 0 aromatic heterocycles. The van der Waals surface area contributed by atoms with Gasteiger partial charge >= 0.3 is 5.97 Å². The highest BCUT2D eigenvalue weighted by Crippen LogP contribution is 2.28. The third-order valence-corrected chi connectivity index (χ3v) is 3.62. The van der Waals surface area contributed by atoms with Crippen LogP contribution >= 0.6 is 0 Å². The molecule has 0 spiro atoms. The topological polar surface area (TPSA) is 74.7 Å². The molecule has 1 aliphatic rings. The molecule has 1 heterocycles. The largest absolute Gasteiger partial charge is 0.478 e. The molecule has 2 amide bonds. The van der Waals surface area contributed by atoms with Crippen molar-refractivity contribution in [2.24, 2.45) is 0 Å². The summed E-state index contributed by atoms with van der Waals surface area (Å²) in [7, 11) is 0. The summed E-state index contributed by atoms with van der Waals surface area (Å²) in [6, 6.07) is 3.95. The van der Waals surface area contributed by atoms with Crippen LogP contribution in [0.1, 0.15) is 64.2 Å². The van der Waals surface area contributed by atoms with Gasteiger partial charge in [-0.3, -0.25) is 14.5 Å². The van der Waals surface area contributed by atoms with Crippen molar-refractivity contribution < 1.29 is 19.5 Å². The number of carboxylic acid groups (broad SMARTS) is 1. The van der Waals surface area contributed by atoms with Gasteiger partial charge in [0.1, 0.15) is 0 Å². The number of carboxylic acids is 1. The maximum absolute atomic E-state index is 12.4. The number of rotatable bonds is 5. The van der Waals surface area contributed by atoms with E-state index in [0.29, 0.717) is 12.0 Å². The molecule has 1 aromatic carbocycles. The molecule has 20 heavy (non-hydrogen) atoms. The average molecular weight is 275 g/mol. The summed E-state index contributed by atoms with van der Waals surface area (Å²) in [6.07, 6.45) is 2.34. The van der Waals surface area contributed by atoms with E-state index in [0.717, 1.165) is 12.8 Å². The Morgan fingerprint density at radius 3 is 2.40 bits per heavy atom. The fraction of sp³-hybridized carbons (Fsp3) is 0.400. The summed E-state index contributed by atoms with van der Waals surface area (Å²) in [4.78, 5) is 36.9. The third-order valence-electron chi connectivity index (χ3n) is 3.62. The van der Waals surface area contributed by atoms with Crippen molar-refractivity contribution in [2.75, 3.05) is 0 Å². The third kappa shape index (κ3) is 2.19. The average Bonchev–Trinajstić information content (AvgIpc) is 2.68. The van der Waals surface area contributed by atoms with E-state index in [1.807, 2.05) is 13.8 Å². The molecule has 0 saturated heterocycles. The van der Waals surface area contributed by atoms with Crippen LogP contribution in [0.3, 0.4) is 0 Å². The minimum Gasteiger partial charge on any atom is -0.478 e. The number of imide groups is 1. The van der Waals surface area contributed by atoms with Crippen LogP contribution in [0.2, 0.25) is 0 Å². The molecule has 0 aliphatic carbocycles. The Balaban J connectivity index is 2.41. The van der Waals surface area contributed by atoms with E-state index in [1.54, 1.807) is 0 Å². The molecular weight excluding hydrogens is 258 g/mol. The molecule has 5 nitrogen and oxygen atoms in total. The van der Waals surface area contributed by atoms with Gasteiger partial charge in [0.25, 0.3) is 11.8 Å². The van der Waals surface area contributed by atoms with Crippen molar-refractivity contribution in [1.29, 1.82) is 0 Å². The SMILES string of the molecule is CCCC(CC)N1C(=O)c2ccc(C(=O)O)cc2C1=O. The summed E-state index contributed by atoms with van der Waals surface area (Å²) < 4.78 is 0. The van der Waals surface area contributed by atoms with Crippen LogP contribution in [0.5, 0.6) is 0 Å². The van der Waals surface area contributed by atoms with E-state index in [4.69, 9.17) is 5.11 Å². The lowest BCUT2D eigenvalue weighted by atomic mass is 10.1. The first-order valence-corrected chi connectivity index (χ1v) is 6.76. The molecule has 0 bridgehead atoms. The van der Waals surface area contributed by atoms with Crippen molar-refractivity contribution >= 4 is 17.8 Å². The number of aromatic carboxylic acids is 1. The van der Waals surface area contributed by atoms with E-state index < -0.39 is 5.97 Å². The van der Waals surface area contributed by atoms with Gasteiger partial charge in [-0.1, -0.05) is 20.3 Å². The standard InChI is InChI=1S/C15H17NO4/c1-3-5-10(4-2)16-13(17)11-7-6-9(15(19)20)8-12(11)14(16)18/h6-8,10H,3-5H2,1-2H3,(H,19,20). The van der Waals surface area contributed by atoms with Crippen molar-refractivity contribution in [3.05, 3.63) is 34.9 Å². The molecule has 2 rings (SSSR count). The second-order valence-corrected chi connectivity index (χ2v) is 4.90. The van der Waals surface area contributed by atoms with Gasteiger partial charge in [0, 0.05) is 6.04 Å². The van der Waals surface area contributed by atoms with Gasteiger partial charge in [-0.25, -0.2) is 4.79 Å². The number of fused-ring (bicyclic) bond motifs is 1. The molecular formula is C15H17NO4. The Morgan fingerprint density at radius 1 is 1.20 bits per heavy atom. The lowest BCUT2D eigenvalue weighted by molar-refractivity contribution is 0.0570. The molecule has 5 heteroatoms. The van der Waals surface area contributed by atoms with Crippen LogP contribution in [-0.4, -0.2) is 33.8 Å². The lowest BCUT2D eigenvalue weighted by Crippen LogP contribution is -2.39. The van der Waals surface area contributed by atoms with Gasteiger partial charge < -0.3 is 5.11 Å². The van der Waals surface area contributed by atoms with Crippen molar-refractivity contribution in [1.82, 2.24) is 4.90 Å². The van der Waals surface area contributed by atoms with Crippen LogP contribution in [0.25, 0.3) is 0 Å². The Hall–Kier alpha value is -2.17. The van der Waals surface area contributed by atoms with Gasteiger partial charge in [0.05, 0.1) is 16.7 Å². The zero-order chi connectivity index (χ0) is 14.9. The molecule has 0 fully saturated rings. The number of benzene rings is 1. The predicted octanol–water partition coefficient (Wildman–Crippen LogP) is 2.56. The lowest BCUT2D eigenvalue weighted by Gasteiger charge is -2.24. The van der Waals surface area contributed by atoms with Gasteiger partial charge in [-0.2, -0.15) is 0 Å². The van der Waals surface area contributed by atoms with Crippen LogP contribution in [-0.2, 0) is 0 Å². The van der Waals surface area contributed by atoms with Gasteiger partial charge in [-0.15, -0.1) is 0 Å². The zero-order valence-corrected chi connectivity index (χ0v) is 11.5. The van der Waals surface area contributed by atoms with Crippen LogP contribution in [0, 0.1) is 0 Å². The van der Waals surface area contributed by atoms with E-state index in [9.17, 15) is 14.4 Å².